The molecule has 1 fully saturated rings. The molecule has 1 atom stereocenters. The lowest BCUT2D eigenvalue weighted by molar-refractivity contribution is -0.122. The Bertz CT molecular complexity index is 979. The molecule has 0 saturated carbocycles. The Morgan fingerprint density at radius 2 is 1.73 bits per heavy atom. The lowest BCUT2D eigenvalue weighted by Gasteiger charge is -2.17. The Hall–Kier alpha value is -3.21. The van der Waals surface area contributed by atoms with E-state index in [9.17, 15) is 14.0 Å². The summed E-state index contributed by atoms with van der Waals surface area (Å²) < 4.78 is 13.1. The van der Waals surface area contributed by atoms with E-state index in [1.165, 1.54) is 17.0 Å². The number of nitrogens with one attached hydrogen (secondary N) is 1. The van der Waals surface area contributed by atoms with Crippen LogP contribution >= 0.6 is 0 Å². The van der Waals surface area contributed by atoms with Crippen LogP contribution in [-0.2, 0) is 9.59 Å². The van der Waals surface area contributed by atoms with Crippen LogP contribution in [0, 0.1) is 11.7 Å². The van der Waals surface area contributed by atoms with E-state index in [1.807, 2.05) is 42.5 Å². The third-order valence-electron chi connectivity index (χ3n) is 4.68. The van der Waals surface area contributed by atoms with E-state index in [0.29, 0.717) is 12.2 Å². The van der Waals surface area contributed by atoms with Gasteiger partial charge in [0.15, 0.2) is 0 Å². The number of hydrogen-bond acceptors (Lipinski definition) is 2. The Balaban J connectivity index is 1.52. The van der Waals surface area contributed by atoms with Gasteiger partial charge in [0.1, 0.15) is 5.82 Å². The van der Waals surface area contributed by atoms with Crippen molar-refractivity contribution < 1.29 is 14.0 Å². The lowest BCUT2D eigenvalue weighted by atomic mass is 10.1. The minimum atomic E-state index is -0.438. The lowest BCUT2D eigenvalue weighted by Crippen LogP contribution is -2.28. The standard InChI is InChI=1S/C21H17FN2O2/c22-16-8-10-17(11-9-16)24-13-15(12-20(24)25)21(26)23-19-7-3-5-14-4-1-2-6-18(14)19/h1-11,15H,12-13H2,(H,23,26)/t15-/m0/s1. The molecule has 1 aliphatic heterocycles. The Morgan fingerprint density at radius 1 is 1.00 bits per heavy atom. The van der Waals surface area contributed by atoms with Crippen LogP contribution in [0.4, 0.5) is 15.8 Å². The van der Waals surface area contributed by atoms with Crippen molar-refractivity contribution in [1.29, 1.82) is 0 Å². The van der Waals surface area contributed by atoms with Gasteiger partial charge in [0.05, 0.1) is 5.92 Å². The first-order valence-electron chi connectivity index (χ1n) is 8.46. The zero-order chi connectivity index (χ0) is 18.1. The van der Waals surface area contributed by atoms with Gasteiger partial charge in [-0.25, -0.2) is 4.39 Å². The van der Waals surface area contributed by atoms with E-state index < -0.39 is 5.92 Å². The smallest absolute Gasteiger partial charge is 0.229 e. The summed E-state index contributed by atoms with van der Waals surface area (Å²) >= 11 is 0. The Kier molecular flexibility index (Phi) is 4.13. The first-order chi connectivity index (χ1) is 12.6. The summed E-state index contributed by atoms with van der Waals surface area (Å²) in [6.07, 6.45) is 0.147. The molecule has 2 amide bonds. The first-order valence-corrected chi connectivity index (χ1v) is 8.46. The third-order valence-corrected chi connectivity index (χ3v) is 4.68. The van der Waals surface area contributed by atoms with Gasteiger partial charge in [-0.2, -0.15) is 0 Å². The minimum Gasteiger partial charge on any atom is -0.325 e. The van der Waals surface area contributed by atoms with Crippen molar-refractivity contribution in [3.05, 3.63) is 72.5 Å². The molecule has 0 bridgehead atoms. The van der Waals surface area contributed by atoms with Crippen molar-refractivity contribution >= 4 is 34.0 Å². The van der Waals surface area contributed by atoms with Crippen molar-refractivity contribution in [1.82, 2.24) is 0 Å². The van der Waals surface area contributed by atoms with Gasteiger partial charge in [0.2, 0.25) is 11.8 Å². The molecule has 1 heterocycles. The highest BCUT2D eigenvalue weighted by atomic mass is 19.1. The Morgan fingerprint density at radius 3 is 2.54 bits per heavy atom. The molecule has 26 heavy (non-hydrogen) atoms. The molecule has 0 aromatic heterocycles. The van der Waals surface area contributed by atoms with E-state index in [4.69, 9.17) is 0 Å². The second-order valence-corrected chi connectivity index (χ2v) is 6.40. The topological polar surface area (TPSA) is 49.4 Å². The van der Waals surface area contributed by atoms with Crippen LogP contribution in [0.25, 0.3) is 10.8 Å². The zero-order valence-corrected chi connectivity index (χ0v) is 14.0. The van der Waals surface area contributed by atoms with Crippen LogP contribution in [0.5, 0.6) is 0 Å². The van der Waals surface area contributed by atoms with Crippen LogP contribution in [0.1, 0.15) is 6.42 Å². The van der Waals surface area contributed by atoms with Gasteiger partial charge in [0, 0.05) is 29.7 Å². The second-order valence-electron chi connectivity index (χ2n) is 6.40. The molecule has 0 radical (unpaired) electrons. The molecule has 0 spiro atoms. The van der Waals surface area contributed by atoms with Crippen LogP contribution in [0.3, 0.4) is 0 Å². The van der Waals surface area contributed by atoms with Gasteiger partial charge in [-0.1, -0.05) is 36.4 Å². The molecule has 1 aliphatic rings. The molecule has 3 aromatic rings. The van der Waals surface area contributed by atoms with Gasteiger partial charge in [-0.15, -0.1) is 0 Å². The number of halogens is 1. The summed E-state index contributed by atoms with van der Waals surface area (Å²) in [5.74, 6) is -1.11. The molecular weight excluding hydrogens is 331 g/mol. The molecule has 4 rings (SSSR count). The molecule has 1 N–H and O–H groups in total. The summed E-state index contributed by atoms with van der Waals surface area (Å²) in [6.45, 7) is 0.293. The second kappa shape index (κ2) is 6.59. The van der Waals surface area contributed by atoms with E-state index in [1.54, 1.807) is 12.1 Å². The van der Waals surface area contributed by atoms with Gasteiger partial charge >= 0.3 is 0 Å². The molecule has 0 unspecified atom stereocenters. The maximum atomic E-state index is 13.1. The number of nitrogens with zero attached hydrogens (tertiary/aromatic N) is 1. The largest absolute Gasteiger partial charge is 0.325 e. The number of rotatable bonds is 3. The van der Waals surface area contributed by atoms with E-state index >= 15 is 0 Å². The van der Waals surface area contributed by atoms with Gasteiger partial charge in [0.25, 0.3) is 0 Å². The van der Waals surface area contributed by atoms with Crippen molar-refractivity contribution in [3.63, 3.8) is 0 Å². The number of fused-ring (bicyclic) bond motifs is 1. The SMILES string of the molecule is O=C(Nc1cccc2ccccc12)[C@H]1CC(=O)N(c2ccc(F)cc2)C1. The number of anilines is 2. The van der Waals surface area contributed by atoms with Crippen molar-refractivity contribution in [2.24, 2.45) is 5.92 Å². The summed E-state index contributed by atoms with van der Waals surface area (Å²) in [5.41, 5.74) is 1.35. The summed E-state index contributed by atoms with van der Waals surface area (Å²) in [5, 5.41) is 4.95. The van der Waals surface area contributed by atoms with Crippen molar-refractivity contribution in [2.75, 3.05) is 16.8 Å². The maximum absolute atomic E-state index is 13.1. The fraction of sp³-hybridized carbons (Fsp3) is 0.143. The number of carbonyl (C=O) groups is 2. The van der Waals surface area contributed by atoms with Gasteiger partial charge in [-0.05, 0) is 35.7 Å². The average Bonchev–Trinajstić information content (AvgIpc) is 3.05. The summed E-state index contributed by atoms with van der Waals surface area (Å²) in [6, 6.07) is 19.3. The third kappa shape index (κ3) is 3.04. The highest BCUT2D eigenvalue weighted by molar-refractivity contribution is 6.06. The molecule has 3 aromatic carbocycles. The number of benzene rings is 3. The molecule has 130 valence electrons. The fourth-order valence-electron chi connectivity index (χ4n) is 3.32. The fourth-order valence-corrected chi connectivity index (χ4v) is 3.32. The average molecular weight is 348 g/mol. The molecular formula is C21H17FN2O2. The normalized spacial score (nSPS) is 16.9. The van der Waals surface area contributed by atoms with Gasteiger partial charge in [-0.3, -0.25) is 9.59 Å². The molecule has 0 aliphatic carbocycles. The number of amides is 2. The Labute approximate surface area is 150 Å². The highest BCUT2D eigenvalue weighted by Crippen LogP contribution is 2.28. The van der Waals surface area contributed by atoms with Crippen molar-refractivity contribution in [2.45, 2.75) is 6.42 Å². The quantitative estimate of drug-likeness (QED) is 0.779. The van der Waals surface area contributed by atoms with Crippen LogP contribution in [0.15, 0.2) is 66.7 Å². The predicted octanol–water partition coefficient (Wildman–Crippen LogP) is 3.97. The summed E-state index contributed by atoms with van der Waals surface area (Å²) in [7, 11) is 0. The monoisotopic (exact) mass is 348 g/mol. The first kappa shape index (κ1) is 16.3. The van der Waals surface area contributed by atoms with Crippen molar-refractivity contribution in [3.8, 4) is 0 Å². The van der Waals surface area contributed by atoms with Crippen LogP contribution in [-0.4, -0.2) is 18.4 Å². The number of carbonyl (C=O) groups excluding carboxylic acids is 2. The van der Waals surface area contributed by atoms with Gasteiger partial charge < -0.3 is 10.2 Å². The molecule has 5 heteroatoms. The summed E-state index contributed by atoms with van der Waals surface area (Å²) in [4.78, 5) is 26.5. The molecule has 4 nitrogen and oxygen atoms in total. The van der Waals surface area contributed by atoms with Crippen LogP contribution in [0.2, 0.25) is 0 Å². The maximum Gasteiger partial charge on any atom is 0.229 e. The zero-order valence-electron chi connectivity index (χ0n) is 14.0. The number of hydrogen-bond donors (Lipinski definition) is 1. The highest BCUT2D eigenvalue weighted by Gasteiger charge is 2.35. The van der Waals surface area contributed by atoms with E-state index in [0.717, 1.165) is 16.5 Å². The van der Waals surface area contributed by atoms with E-state index in [-0.39, 0.29) is 24.1 Å². The van der Waals surface area contributed by atoms with E-state index in [2.05, 4.69) is 5.32 Å². The van der Waals surface area contributed by atoms with Crippen LogP contribution < -0.4 is 10.2 Å². The minimum absolute atomic E-state index is 0.130. The predicted molar refractivity (Wildman–Crippen MR) is 99.4 cm³/mol. The molecule has 1 saturated heterocycles.